The second-order valence-corrected chi connectivity index (χ2v) is 8.78. The van der Waals surface area contributed by atoms with Gasteiger partial charge in [-0.2, -0.15) is 0 Å². The van der Waals surface area contributed by atoms with Gasteiger partial charge in [-0.3, -0.25) is 5.26 Å². The van der Waals surface area contributed by atoms with Crippen molar-refractivity contribution in [3.63, 3.8) is 0 Å². The molecule has 0 saturated heterocycles. The summed E-state index contributed by atoms with van der Waals surface area (Å²) in [6, 6.07) is 5.98. The van der Waals surface area contributed by atoms with Crippen molar-refractivity contribution >= 4 is 19.0 Å². The molecule has 0 fully saturated rings. The lowest BCUT2D eigenvalue weighted by Gasteiger charge is -2.31. The highest BCUT2D eigenvalue weighted by Gasteiger charge is 2.31. The van der Waals surface area contributed by atoms with Gasteiger partial charge in [0.25, 0.3) is 0 Å². The first-order valence-electron chi connectivity index (χ1n) is 9.27. The van der Waals surface area contributed by atoms with Crippen LogP contribution in [-0.4, -0.2) is 53.3 Å². The minimum atomic E-state index is -1.01. The predicted octanol–water partition coefficient (Wildman–Crippen LogP) is 2.51. The van der Waals surface area contributed by atoms with Gasteiger partial charge in [-0.05, 0) is 61.5 Å². The zero-order chi connectivity index (χ0) is 22.2. The van der Waals surface area contributed by atoms with Crippen LogP contribution in [0.2, 0.25) is 0 Å². The Morgan fingerprint density at radius 2 is 1.50 bits per heavy atom. The van der Waals surface area contributed by atoms with Crippen molar-refractivity contribution in [1.82, 2.24) is 5.32 Å². The number of aryl methyl sites for hydroxylation is 1. The Bertz CT molecular complexity index is 593. The Balaban J connectivity index is 0.000000445. The van der Waals surface area contributed by atoms with Crippen LogP contribution in [-0.2, 0) is 9.62 Å². The Morgan fingerprint density at radius 3 is 1.82 bits per heavy atom. The van der Waals surface area contributed by atoms with Crippen LogP contribution in [0.5, 0.6) is 0 Å². The summed E-state index contributed by atoms with van der Waals surface area (Å²) in [6.45, 7) is 15.2. The van der Waals surface area contributed by atoms with Crippen LogP contribution in [0.3, 0.4) is 0 Å². The van der Waals surface area contributed by atoms with Crippen LogP contribution in [0.1, 0.15) is 59.6 Å². The molecule has 1 heterocycles. The molecule has 0 aliphatic carbocycles. The average Bonchev–Trinajstić information content (AvgIpc) is 2.53. The molecule has 0 unspecified atom stereocenters. The summed E-state index contributed by atoms with van der Waals surface area (Å²) in [5.41, 5.74) is 1.62. The first-order chi connectivity index (χ1) is 12.6. The second kappa shape index (κ2) is 10.9. The smallest absolute Gasteiger partial charge is 0.113 e. The molecular weight excluding hydrogens is 357 g/mol. The van der Waals surface area contributed by atoms with Gasteiger partial charge >= 0.3 is 0 Å². The van der Waals surface area contributed by atoms with E-state index < -0.39 is 16.8 Å². The molecule has 0 bridgehead atoms. The highest BCUT2D eigenvalue weighted by atomic mass is 17.1. The number of ether oxygens (including phenoxy) is 1. The van der Waals surface area contributed by atoms with Crippen LogP contribution >= 0.6 is 0 Å². The van der Waals surface area contributed by atoms with Gasteiger partial charge in [-0.15, -0.1) is 0 Å². The number of nitrogens with one attached hydrogen (secondary N) is 1. The van der Waals surface area contributed by atoms with E-state index in [0.717, 1.165) is 35.4 Å². The molecule has 1 aliphatic rings. The van der Waals surface area contributed by atoms with Gasteiger partial charge < -0.3 is 20.3 Å². The Hall–Kier alpha value is -1.54. The molecule has 1 aromatic carbocycles. The van der Waals surface area contributed by atoms with Crippen LogP contribution in [0.15, 0.2) is 24.5 Å². The largest absolute Gasteiger partial charge is 0.497 e. The van der Waals surface area contributed by atoms with Gasteiger partial charge in [-0.25, -0.2) is 4.89 Å². The molecular formula is C21H36BNO5. The van der Waals surface area contributed by atoms with Crippen molar-refractivity contribution in [3.8, 4) is 0 Å². The molecule has 2 radical (unpaired) electrons. The predicted molar refractivity (Wildman–Crippen MR) is 115 cm³/mol. The van der Waals surface area contributed by atoms with E-state index in [4.69, 9.17) is 28.1 Å². The quantitative estimate of drug-likeness (QED) is 0.351. The lowest BCUT2D eigenvalue weighted by molar-refractivity contribution is -0.306. The molecule has 0 saturated carbocycles. The van der Waals surface area contributed by atoms with Gasteiger partial charge in [0.1, 0.15) is 20.7 Å². The van der Waals surface area contributed by atoms with E-state index in [0.29, 0.717) is 0 Å². The fraction of sp³-hybridized carbons (Fsp3) is 0.619. The van der Waals surface area contributed by atoms with E-state index in [1.807, 2.05) is 19.1 Å². The van der Waals surface area contributed by atoms with Gasteiger partial charge in [0.2, 0.25) is 0 Å². The Kier molecular flexibility index (Phi) is 10.3. The zero-order valence-corrected chi connectivity index (χ0v) is 18.5. The van der Waals surface area contributed by atoms with Crippen molar-refractivity contribution in [2.24, 2.45) is 0 Å². The van der Waals surface area contributed by atoms with Crippen molar-refractivity contribution in [3.05, 3.63) is 35.6 Å². The summed E-state index contributed by atoms with van der Waals surface area (Å²) in [5.74, 6) is 0. The highest BCUT2D eigenvalue weighted by Crippen LogP contribution is 2.19. The Morgan fingerprint density at radius 1 is 1.00 bits per heavy atom. The number of benzene rings is 1. The fourth-order valence-electron chi connectivity index (χ4n) is 1.57. The normalized spacial score (nSPS) is 14.3. The number of aliphatic hydroxyl groups is 2. The van der Waals surface area contributed by atoms with Gasteiger partial charge in [-0.1, -0.05) is 23.2 Å². The lowest BCUT2D eigenvalue weighted by atomic mass is 9.90. The van der Waals surface area contributed by atoms with Gasteiger partial charge in [0.05, 0.1) is 22.5 Å². The van der Waals surface area contributed by atoms with Crippen LogP contribution in [0.4, 0.5) is 0 Å². The summed E-state index contributed by atoms with van der Waals surface area (Å²) in [6.07, 6.45) is 1.75. The van der Waals surface area contributed by atoms with Crippen molar-refractivity contribution in [1.29, 1.82) is 0 Å². The SMILES string of the molecule is CC(C)(C)OO.CC(C)(O)C(C)(C)O.[B]c1cc(C)cc(C2=COCCN2)c1. The molecule has 158 valence electrons. The average molecular weight is 393 g/mol. The summed E-state index contributed by atoms with van der Waals surface area (Å²) < 4.78 is 5.25. The van der Waals surface area contributed by atoms with Crippen LogP contribution < -0.4 is 10.8 Å². The molecule has 0 atom stereocenters. The highest BCUT2D eigenvalue weighted by molar-refractivity contribution is 6.32. The van der Waals surface area contributed by atoms with E-state index in [2.05, 4.69) is 16.3 Å². The molecule has 28 heavy (non-hydrogen) atoms. The van der Waals surface area contributed by atoms with E-state index >= 15 is 0 Å². The molecule has 0 aromatic heterocycles. The molecule has 4 N–H and O–H groups in total. The van der Waals surface area contributed by atoms with E-state index in [1.54, 1.807) is 54.7 Å². The maximum absolute atomic E-state index is 9.10. The molecule has 1 aliphatic heterocycles. The van der Waals surface area contributed by atoms with Gasteiger partial charge in [0.15, 0.2) is 0 Å². The zero-order valence-electron chi connectivity index (χ0n) is 18.5. The molecule has 1 aromatic rings. The molecule has 7 heteroatoms. The van der Waals surface area contributed by atoms with Crippen LogP contribution in [0.25, 0.3) is 5.70 Å². The second-order valence-electron chi connectivity index (χ2n) is 8.78. The maximum Gasteiger partial charge on any atom is 0.113 e. The summed E-state index contributed by atoms with van der Waals surface area (Å²) >= 11 is 0. The number of rotatable bonds is 2. The third-order valence-corrected chi connectivity index (χ3v) is 3.92. The first-order valence-corrected chi connectivity index (χ1v) is 9.27. The minimum Gasteiger partial charge on any atom is -0.497 e. The van der Waals surface area contributed by atoms with Crippen molar-refractivity contribution in [2.75, 3.05) is 13.2 Å². The van der Waals surface area contributed by atoms with Crippen molar-refractivity contribution < 1.29 is 25.1 Å². The third-order valence-electron chi connectivity index (χ3n) is 3.92. The molecule has 6 nitrogen and oxygen atoms in total. The van der Waals surface area contributed by atoms with E-state index in [9.17, 15) is 0 Å². The Labute approximate surface area is 170 Å². The topological polar surface area (TPSA) is 91.2 Å². The standard InChI is InChI=1S/C11H12BNO.C6H14O2.C4H10O2/c1-8-4-9(6-10(12)5-8)11-7-14-3-2-13-11;1-5(2,7)6(3,4)8;1-4(2,3)6-5/h4-7,13H,2-3H2,1H3;7-8H,1-4H3;5H,1-3H3. The maximum atomic E-state index is 9.10. The first kappa shape index (κ1) is 26.5. The lowest BCUT2D eigenvalue weighted by Crippen LogP contribution is -2.44. The molecule has 2 rings (SSSR count). The van der Waals surface area contributed by atoms with E-state index in [1.165, 1.54) is 0 Å². The molecule has 0 amide bonds. The fourth-order valence-corrected chi connectivity index (χ4v) is 1.57. The van der Waals surface area contributed by atoms with E-state index in [-0.39, 0.29) is 0 Å². The number of hydrogen-bond acceptors (Lipinski definition) is 6. The van der Waals surface area contributed by atoms with Gasteiger partial charge in [0, 0.05) is 12.1 Å². The monoisotopic (exact) mass is 393 g/mol. The summed E-state index contributed by atoms with van der Waals surface area (Å²) in [4.78, 5) is 3.94. The summed E-state index contributed by atoms with van der Waals surface area (Å²) in [7, 11) is 5.77. The minimum absolute atomic E-state index is 0.403. The number of hydrogen-bond donors (Lipinski definition) is 4. The van der Waals surface area contributed by atoms with Crippen molar-refractivity contribution in [2.45, 2.75) is 72.2 Å². The summed E-state index contributed by atoms with van der Waals surface area (Å²) in [5, 5.41) is 29.4. The molecule has 0 spiro atoms. The van der Waals surface area contributed by atoms with Crippen LogP contribution in [0, 0.1) is 6.92 Å². The third kappa shape index (κ3) is 11.3.